The van der Waals surface area contributed by atoms with Gasteiger partial charge in [0.1, 0.15) is 5.82 Å². The lowest BCUT2D eigenvalue weighted by Crippen LogP contribution is -2.39. The molecule has 1 aliphatic rings. The fraction of sp³-hybridized carbons (Fsp3) is 0.174. The Morgan fingerprint density at radius 3 is 2.60 bits per heavy atom. The van der Waals surface area contributed by atoms with Gasteiger partial charge in [0, 0.05) is 5.56 Å². The molecule has 0 radical (unpaired) electrons. The summed E-state index contributed by atoms with van der Waals surface area (Å²) >= 11 is 1.17. The minimum Gasteiger partial charge on any atom is -0.463 e. The lowest BCUT2D eigenvalue weighted by Gasteiger charge is -2.24. The van der Waals surface area contributed by atoms with Crippen molar-refractivity contribution in [2.45, 2.75) is 19.9 Å². The molecule has 0 bridgehead atoms. The van der Waals surface area contributed by atoms with Crippen LogP contribution in [0, 0.1) is 5.82 Å². The Morgan fingerprint density at radius 2 is 1.90 bits per heavy atom. The van der Waals surface area contributed by atoms with Crippen molar-refractivity contribution in [1.29, 1.82) is 0 Å². The lowest BCUT2D eigenvalue weighted by molar-refractivity contribution is -0.139. The summed E-state index contributed by atoms with van der Waals surface area (Å²) in [5.41, 5.74) is 1.59. The number of esters is 1. The molecule has 0 saturated carbocycles. The predicted octanol–water partition coefficient (Wildman–Crippen LogP) is 2.94. The van der Waals surface area contributed by atoms with E-state index in [0.29, 0.717) is 26.2 Å². The maximum atomic E-state index is 14.1. The number of carbonyl (C=O) groups is 1. The smallest absolute Gasteiger partial charge is 0.338 e. The average Bonchev–Trinajstić information content (AvgIpc) is 3.04. The molecule has 1 aromatic heterocycles. The quantitative estimate of drug-likeness (QED) is 0.608. The summed E-state index contributed by atoms with van der Waals surface area (Å²) in [6.07, 6.45) is 1.52. The SMILES string of the molecule is CCOC(=O)C1=C(C)N=c2s/c(=C/c3ccccc3F)c(=O)n2[C@H]1c1ccccc1. The summed E-state index contributed by atoms with van der Waals surface area (Å²) in [6.45, 7) is 3.68. The van der Waals surface area contributed by atoms with E-state index >= 15 is 0 Å². The zero-order chi connectivity index (χ0) is 21.3. The largest absolute Gasteiger partial charge is 0.463 e. The molecule has 0 aliphatic carbocycles. The first-order valence-corrected chi connectivity index (χ1v) is 10.3. The Morgan fingerprint density at radius 1 is 1.20 bits per heavy atom. The van der Waals surface area contributed by atoms with Gasteiger partial charge in [0.2, 0.25) is 0 Å². The number of rotatable bonds is 4. The normalized spacial score (nSPS) is 16.2. The van der Waals surface area contributed by atoms with Gasteiger partial charge in [-0.05, 0) is 31.6 Å². The van der Waals surface area contributed by atoms with Gasteiger partial charge in [0.15, 0.2) is 4.80 Å². The van der Waals surface area contributed by atoms with Crippen LogP contribution in [0.15, 0.2) is 75.7 Å². The highest BCUT2D eigenvalue weighted by molar-refractivity contribution is 7.07. The topological polar surface area (TPSA) is 60.7 Å². The van der Waals surface area contributed by atoms with E-state index in [1.807, 2.05) is 30.3 Å². The molecule has 0 spiro atoms. The van der Waals surface area contributed by atoms with Gasteiger partial charge in [0.25, 0.3) is 5.56 Å². The number of carbonyl (C=O) groups excluding carboxylic acids is 1. The van der Waals surface area contributed by atoms with E-state index in [4.69, 9.17) is 4.74 Å². The third-order valence-electron chi connectivity index (χ3n) is 4.82. The number of halogens is 1. The van der Waals surface area contributed by atoms with E-state index in [1.54, 1.807) is 32.0 Å². The summed E-state index contributed by atoms with van der Waals surface area (Å²) in [5.74, 6) is -0.915. The van der Waals surface area contributed by atoms with Crippen molar-refractivity contribution >= 4 is 23.4 Å². The van der Waals surface area contributed by atoms with E-state index < -0.39 is 17.8 Å². The number of fused-ring (bicyclic) bond motifs is 1. The third kappa shape index (κ3) is 3.52. The summed E-state index contributed by atoms with van der Waals surface area (Å²) in [6, 6.07) is 14.9. The second-order valence-corrected chi connectivity index (χ2v) is 7.74. The van der Waals surface area contributed by atoms with E-state index in [2.05, 4.69) is 4.99 Å². The molecule has 1 aliphatic heterocycles. The fourth-order valence-corrected chi connectivity index (χ4v) is 4.51. The van der Waals surface area contributed by atoms with Crippen molar-refractivity contribution in [2.24, 2.45) is 4.99 Å². The van der Waals surface area contributed by atoms with E-state index in [0.717, 1.165) is 5.56 Å². The summed E-state index contributed by atoms with van der Waals surface area (Å²) in [5, 5.41) is 0. The molecule has 7 heteroatoms. The van der Waals surface area contributed by atoms with Crippen molar-refractivity contribution in [3.05, 3.63) is 102 Å². The van der Waals surface area contributed by atoms with Gasteiger partial charge in [-0.3, -0.25) is 9.36 Å². The minimum atomic E-state index is -0.663. The fourth-order valence-electron chi connectivity index (χ4n) is 3.48. The van der Waals surface area contributed by atoms with Crippen LogP contribution >= 0.6 is 11.3 Å². The zero-order valence-electron chi connectivity index (χ0n) is 16.5. The number of ether oxygens (including phenoxy) is 1. The van der Waals surface area contributed by atoms with Gasteiger partial charge in [-0.25, -0.2) is 14.2 Å². The van der Waals surface area contributed by atoms with E-state index in [-0.39, 0.29) is 12.2 Å². The van der Waals surface area contributed by atoms with Crippen LogP contribution in [0.1, 0.15) is 31.0 Å². The minimum absolute atomic E-state index is 0.217. The molecular weight excluding hydrogens is 403 g/mol. The lowest BCUT2D eigenvalue weighted by atomic mass is 9.96. The first-order valence-electron chi connectivity index (χ1n) is 9.50. The maximum absolute atomic E-state index is 14.1. The van der Waals surface area contributed by atoms with E-state index in [9.17, 15) is 14.0 Å². The number of allylic oxidation sites excluding steroid dienone is 1. The first-order chi connectivity index (χ1) is 14.5. The summed E-state index contributed by atoms with van der Waals surface area (Å²) in [7, 11) is 0. The molecule has 0 saturated heterocycles. The molecule has 0 N–H and O–H groups in total. The van der Waals surface area contributed by atoms with Crippen molar-refractivity contribution in [1.82, 2.24) is 4.57 Å². The molecule has 0 fully saturated rings. The molecule has 5 nitrogen and oxygen atoms in total. The van der Waals surface area contributed by atoms with Gasteiger partial charge >= 0.3 is 5.97 Å². The molecular formula is C23H19FN2O3S. The maximum Gasteiger partial charge on any atom is 0.338 e. The van der Waals surface area contributed by atoms with Crippen molar-refractivity contribution in [3.63, 3.8) is 0 Å². The van der Waals surface area contributed by atoms with Crippen molar-refractivity contribution in [2.75, 3.05) is 6.61 Å². The summed E-state index contributed by atoms with van der Waals surface area (Å²) < 4.78 is 21.2. The molecule has 0 amide bonds. The summed E-state index contributed by atoms with van der Waals surface area (Å²) in [4.78, 5) is 31.0. The van der Waals surface area contributed by atoms with Crippen molar-refractivity contribution < 1.29 is 13.9 Å². The predicted molar refractivity (Wildman–Crippen MR) is 113 cm³/mol. The van der Waals surface area contributed by atoms with E-state index in [1.165, 1.54) is 28.0 Å². The Bertz CT molecular complexity index is 1320. The van der Waals surface area contributed by atoms with Crippen LogP contribution in [0.5, 0.6) is 0 Å². The first kappa shape index (κ1) is 20.0. The van der Waals surface area contributed by atoms with Crippen LogP contribution in [-0.2, 0) is 9.53 Å². The molecule has 4 rings (SSSR count). The van der Waals surface area contributed by atoms with Crippen LogP contribution in [0.4, 0.5) is 4.39 Å². The third-order valence-corrected chi connectivity index (χ3v) is 5.81. The van der Waals surface area contributed by atoms with Crippen LogP contribution < -0.4 is 14.9 Å². The zero-order valence-corrected chi connectivity index (χ0v) is 17.3. The van der Waals surface area contributed by atoms with Crippen molar-refractivity contribution in [3.8, 4) is 0 Å². The number of hydrogen-bond acceptors (Lipinski definition) is 5. The van der Waals surface area contributed by atoms with Crippen LogP contribution in [-0.4, -0.2) is 17.1 Å². The highest BCUT2D eigenvalue weighted by Crippen LogP contribution is 2.30. The molecule has 2 heterocycles. The second kappa shape index (κ2) is 8.20. The standard InChI is InChI=1S/C23H19FN2O3S/c1-3-29-22(28)19-14(2)25-23-26(20(19)15-9-5-4-6-10-15)21(27)18(30-23)13-16-11-7-8-12-17(16)24/h4-13,20H,3H2,1-2H3/b18-13+/t20-/m0/s1. The molecule has 3 aromatic rings. The van der Waals surface area contributed by atoms with Gasteiger partial charge in [-0.2, -0.15) is 0 Å². The van der Waals surface area contributed by atoms with Crippen LogP contribution in [0.3, 0.4) is 0 Å². The molecule has 0 unspecified atom stereocenters. The molecule has 152 valence electrons. The van der Waals surface area contributed by atoms with Gasteiger partial charge < -0.3 is 4.74 Å². The van der Waals surface area contributed by atoms with Crippen LogP contribution in [0.2, 0.25) is 0 Å². The molecule has 30 heavy (non-hydrogen) atoms. The Kier molecular flexibility index (Phi) is 5.46. The average molecular weight is 422 g/mol. The number of benzene rings is 2. The monoisotopic (exact) mass is 422 g/mol. The molecule has 2 aromatic carbocycles. The highest BCUT2D eigenvalue weighted by atomic mass is 32.1. The Labute approximate surface area is 176 Å². The number of thiazole rings is 1. The van der Waals surface area contributed by atoms with Gasteiger partial charge in [0.05, 0.1) is 28.5 Å². The second-order valence-electron chi connectivity index (χ2n) is 6.73. The highest BCUT2D eigenvalue weighted by Gasteiger charge is 2.33. The van der Waals surface area contributed by atoms with Gasteiger partial charge in [-0.1, -0.05) is 59.9 Å². The number of hydrogen-bond donors (Lipinski definition) is 0. The van der Waals surface area contributed by atoms with Crippen LogP contribution in [0.25, 0.3) is 6.08 Å². The number of nitrogens with zero attached hydrogens (tertiary/aromatic N) is 2. The van der Waals surface area contributed by atoms with Gasteiger partial charge in [-0.15, -0.1) is 0 Å². The Hall–Kier alpha value is -3.32. The molecule has 1 atom stereocenters. The Balaban J connectivity index is 1.97. The number of aromatic nitrogens is 1.